The summed E-state index contributed by atoms with van der Waals surface area (Å²) in [6.45, 7) is 6.15. The van der Waals surface area contributed by atoms with Gasteiger partial charge in [-0.05, 0) is 32.4 Å². The Labute approximate surface area is 125 Å². The molecule has 2 rings (SSSR count). The van der Waals surface area contributed by atoms with Crippen molar-refractivity contribution < 1.29 is 9.47 Å². The van der Waals surface area contributed by atoms with Crippen LogP contribution in [0.25, 0.3) is 0 Å². The number of aryl methyl sites for hydroxylation is 1. The van der Waals surface area contributed by atoms with E-state index in [0.29, 0.717) is 5.75 Å². The van der Waals surface area contributed by atoms with Gasteiger partial charge in [0.1, 0.15) is 11.4 Å². The third kappa shape index (κ3) is 2.88. The molecule has 0 saturated carbocycles. The van der Waals surface area contributed by atoms with E-state index in [9.17, 15) is 0 Å². The van der Waals surface area contributed by atoms with Crippen molar-refractivity contribution in [2.45, 2.75) is 32.9 Å². The fourth-order valence-corrected chi connectivity index (χ4v) is 2.44. The van der Waals surface area contributed by atoms with E-state index >= 15 is 0 Å². The predicted molar refractivity (Wildman–Crippen MR) is 82.9 cm³/mol. The molecule has 0 radical (unpaired) electrons. The van der Waals surface area contributed by atoms with Gasteiger partial charge in [0.25, 0.3) is 0 Å². The summed E-state index contributed by atoms with van der Waals surface area (Å²) in [6.07, 6.45) is 1.70. The van der Waals surface area contributed by atoms with E-state index in [2.05, 4.69) is 18.9 Å². The number of nitrogens with zero attached hydrogens (tertiary/aromatic N) is 2. The summed E-state index contributed by atoms with van der Waals surface area (Å²) < 4.78 is 12.8. The monoisotopic (exact) mass is 289 g/mol. The summed E-state index contributed by atoms with van der Waals surface area (Å²) in [6, 6.07) is 5.85. The van der Waals surface area contributed by atoms with E-state index in [1.165, 1.54) is 0 Å². The molecule has 0 aliphatic rings. The molecule has 0 aliphatic heterocycles. The lowest BCUT2D eigenvalue weighted by molar-refractivity contribution is 0.393. The number of hydrogen-bond donors (Lipinski definition) is 1. The maximum absolute atomic E-state index is 6.48. The molecule has 1 aromatic heterocycles. The molecule has 2 N–H and O–H groups in total. The van der Waals surface area contributed by atoms with Crippen molar-refractivity contribution in [1.82, 2.24) is 9.78 Å². The second kappa shape index (κ2) is 6.18. The Kier molecular flexibility index (Phi) is 4.53. The van der Waals surface area contributed by atoms with Crippen molar-refractivity contribution in [2.24, 2.45) is 5.73 Å². The normalized spacial score (nSPS) is 12.5. The Morgan fingerprint density at radius 3 is 2.38 bits per heavy atom. The molecule has 1 atom stereocenters. The molecule has 5 heteroatoms. The van der Waals surface area contributed by atoms with Crippen LogP contribution in [0.1, 0.15) is 42.8 Å². The Balaban J connectivity index is 2.54. The van der Waals surface area contributed by atoms with Crippen molar-refractivity contribution in [3.8, 4) is 11.5 Å². The lowest BCUT2D eigenvalue weighted by Crippen LogP contribution is -2.20. The van der Waals surface area contributed by atoms with Crippen molar-refractivity contribution in [2.75, 3.05) is 14.2 Å². The van der Waals surface area contributed by atoms with E-state index in [-0.39, 0.29) is 12.1 Å². The summed E-state index contributed by atoms with van der Waals surface area (Å²) in [7, 11) is 3.28. The molecule has 0 amide bonds. The molecule has 0 bridgehead atoms. The van der Waals surface area contributed by atoms with E-state index in [0.717, 1.165) is 22.6 Å². The zero-order valence-corrected chi connectivity index (χ0v) is 13.3. The first-order valence-corrected chi connectivity index (χ1v) is 7.01. The minimum Gasteiger partial charge on any atom is -0.496 e. The van der Waals surface area contributed by atoms with E-state index < -0.39 is 0 Å². The Bertz CT molecular complexity index is 620. The van der Waals surface area contributed by atoms with Crippen LogP contribution in [-0.2, 0) is 0 Å². The number of methoxy groups -OCH3 is 2. The van der Waals surface area contributed by atoms with E-state index in [4.69, 9.17) is 15.2 Å². The quantitative estimate of drug-likeness (QED) is 0.919. The number of rotatable bonds is 5. The Morgan fingerprint density at radius 1 is 1.14 bits per heavy atom. The van der Waals surface area contributed by atoms with Gasteiger partial charge in [-0.3, -0.25) is 4.68 Å². The van der Waals surface area contributed by atoms with Crippen LogP contribution in [0.15, 0.2) is 24.4 Å². The van der Waals surface area contributed by atoms with Crippen molar-refractivity contribution >= 4 is 0 Å². The van der Waals surface area contributed by atoms with Crippen molar-refractivity contribution in [3.63, 3.8) is 0 Å². The summed E-state index contributed by atoms with van der Waals surface area (Å²) in [5.41, 5.74) is 9.39. The zero-order valence-electron chi connectivity index (χ0n) is 13.3. The lowest BCUT2D eigenvalue weighted by Gasteiger charge is -2.20. The number of aromatic nitrogens is 2. The summed E-state index contributed by atoms with van der Waals surface area (Å²) in [5, 5.41) is 4.38. The lowest BCUT2D eigenvalue weighted by atomic mass is 10.0. The summed E-state index contributed by atoms with van der Waals surface area (Å²) >= 11 is 0. The van der Waals surface area contributed by atoms with Gasteiger partial charge in [0.2, 0.25) is 0 Å². The minimum absolute atomic E-state index is 0.200. The van der Waals surface area contributed by atoms with Gasteiger partial charge in [0, 0.05) is 11.6 Å². The van der Waals surface area contributed by atoms with Crippen LogP contribution in [-0.4, -0.2) is 24.0 Å². The number of nitrogens with two attached hydrogens (primary N) is 1. The van der Waals surface area contributed by atoms with Gasteiger partial charge in [-0.25, -0.2) is 0 Å². The summed E-state index contributed by atoms with van der Waals surface area (Å²) in [4.78, 5) is 0. The number of ether oxygens (including phenoxy) is 2. The molecule has 0 spiro atoms. The first-order valence-electron chi connectivity index (χ1n) is 7.01. The van der Waals surface area contributed by atoms with Crippen LogP contribution in [0.4, 0.5) is 0 Å². The third-order valence-electron chi connectivity index (χ3n) is 3.53. The molecule has 1 aromatic carbocycles. The van der Waals surface area contributed by atoms with Gasteiger partial charge in [-0.2, -0.15) is 5.10 Å². The molecule has 5 nitrogen and oxygen atoms in total. The number of benzene rings is 1. The standard InChI is InChI=1S/C16H23N3O2/c1-10(2)19-16(14(21-5)9-18-19)15(17)12-7-6-11(3)8-13(12)20-4/h6-10,15H,17H2,1-5H3. The molecule has 0 saturated heterocycles. The van der Waals surface area contributed by atoms with Gasteiger partial charge in [-0.15, -0.1) is 0 Å². The van der Waals surface area contributed by atoms with Crippen LogP contribution in [0.2, 0.25) is 0 Å². The highest BCUT2D eigenvalue weighted by molar-refractivity contribution is 5.45. The molecule has 21 heavy (non-hydrogen) atoms. The molecule has 0 aliphatic carbocycles. The molecule has 1 unspecified atom stereocenters. The highest BCUT2D eigenvalue weighted by Gasteiger charge is 2.24. The molecular formula is C16H23N3O2. The van der Waals surface area contributed by atoms with Gasteiger partial charge in [0.05, 0.1) is 26.5 Å². The average Bonchev–Trinajstić information content (AvgIpc) is 2.90. The average molecular weight is 289 g/mol. The number of hydrogen-bond acceptors (Lipinski definition) is 4. The fraction of sp³-hybridized carbons (Fsp3) is 0.438. The second-order valence-corrected chi connectivity index (χ2v) is 5.36. The zero-order chi connectivity index (χ0) is 15.6. The molecule has 114 valence electrons. The topological polar surface area (TPSA) is 62.3 Å². The van der Waals surface area contributed by atoms with Gasteiger partial charge < -0.3 is 15.2 Å². The minimum atomic E-state index is -0.361. The summed E-state index contributed by atoms with van der Waals surface area (Å²) in [5.74, 6) is 1.47. The molecule has 2 aromatic rings. The van der Waals surface area contributed by atoms with Crippen molar-refractivity contribution in [3.05, 3.63) is 41.2 Å². The maximum Gasteiger partial charge on any atom is 0.161 e. The van der Waals surface area contributed by atoms with Crippen LogP contribution >= 0.6 is 0 Å². The third-order valence-corrected chi connectivity index (χ3v) is 3.53. The van der Waals surface area contributed by atoms with Crippen LogP contribution in [0.5, 0.6) is 11.5 Å². The predicted octanol–water partition coefficient (Wildman–Crippen LogP) is 2.84. The molecular weight excluding hydrogens is 266 g/mol. The SMILES string of the molecule is COc1cc(C)ccc1C(N)c1c(OC)cnn1C(C)C. The first-order chi connectivity index (χ1) is 9.99. The smallest absolute Gasteiger partial charge is 0.161 e. The van der Waals surface area contributed by atoms with Crippen molar-refractivity contribution in [1.29, 1.82) is 0 Å². The van der Waals surface area contributed by atoms with Crippen LogP contribution < -0.4 is 15.2 Å². The first kappa shape index (κ1) is 15.4. The van der Waals surface area contributed by atoms with E-state index in [1.807, 2.05) is 29.8 Å². The Hall–Kier alpha value is -2.01. The maximum atomic E-state index is 6.48. The molecule has 1 heterocycles. The fourth-order valence-electron chi connectivity index (χ4n) is 2.44. The highest BCUT2D eigenvalue weighted by Crippen LogP contribution is 2.34. The van der Waals surface area contributed by atoms with E-state index in [1.54, 1.807) is 20.4 Å². The molecule has 0 fully saturated rings. The largest absolute Gasteiger partial charge is 0.496 e. The highest BCUT2D eigenvalue weighted by atomic mass is 16.5. The van der Waals surface area contributed by atoms with Crippen LogP contribution in [0, 0.1) is 6.92 Å². The van der Waals surface area contributed by atoms with Gasteiger partial charge >= 0.3 is 0 Å². The van der Waals surface area contributed by atoms with Gasteiger partial charge in [-0.1, -0.05) is 12.1 Å². The second-order valence-electron chi connectivity index (χ2n) is 5.36. The Morgan fingerprint density at radius 2 is 1.81 bits per heavy atom. The van der Waals surface area contributed by atoms with Crippen LogP contribution in [0.3, 0.4) is 0 Å². The van der Waals surface area contributed by atoms with Gasteiger partial charge in [0.15, 0.2) is 5.75 Å².